The number of H-pyrrole nitrogens is 4. The molecule has 5 aromatic heterocycles. The van der Waals surface area contributed by atoms with Gasteiger partial charge in [-0.1, -0.05) is 0 Å². The lowest BCUT2D eigenvalue weighted by Gasteiger charge is -2.18. The molecule has 0 bridgehead atoms. The second-order valence-corrected chi connectivity index (χ2v) is 19.7. The molecule has 0 radical (unpaired) electrons. The summed E-state index contributed by atoms with van der Waals surface area (Å²) in [6.07, 6.45) is 3.68. The van der Waals surface area contributed by atoms with Crippen molar-refractivity contribution < 1.29 is 24.6 Å². The van der Waals surface area contributed by atoms with Crippen LogP contribution in [-0.4, -0.2) is 130 Å². The van der Waals surface area contributed by atoms with Crippen LogP contribution in [0.1, 0.15) is 55.1 Å². The highest BCUT2D eigenvalue weighted by Gasteiger charge is 2.38. The summed E-state index contributed by atoms with van der Waals surface area (Å²) in [7, 11) is 11.5. The van der Waals surface area contributed by atoms with Crippen molar-refractivity contribution in [3.05, 3.63) is 107 Å². The maximum Gasteiger partial charge on any atom is 0.323 e. The van der Waals surface area contributed by atoms with Crippen LogP contribution in [-0.2, 0) is 0 Å². The predicted octanol–water partition coefficient (Wildman–Crippen LogP) is 9.32. The molecule has 2 atom stereocenters. The van der Waals surface area contributed by atoms with Crippen LogP contribution >= 0.6 is 23.2 Å². The lowest BCUT2D eigenvalue weighted by atomic mass is 9.97. The van der Waals surface area contributed by atoms with E-state index >= 15 is 0 Å². The van der Waals surface area contributed by atoms with Crippen molar-refractivity contribution in [2.24, 2.45) is 0 Å². The number of nitrogens with zero attached hydrogens (tertiary/aromatic N) is 8. The van der Waals surface area contributed by atoms with E-state index in [2.05, 4.69) is 45.5 Å². The summed E-state index contributed by atoms with van der Waals surface area (Å²) in [5, 5.41) is 30.5. The summed E-state index contributed by atoms with van der Waals surface area (Å²) in [5.41, 5.74) is 9.52. The number of hydrogen-bond donors (Lipinski definition) is 8. The van der Waals surface area contributed by atoms with Crippen molar-refractivity contribution in [2.75, 3.05) is 102 Å². The van der Waals surface area contributed by atoms with Gasteiger partial charge in [0.1, 0.15) is 22.9 Å². The van der Waals surface area contributed by atoms with E-state index in [1.807, 2.05) is 83.2 Å². The maximum absolute atomic E-state index is 14.0. The fourth-order valence-corrected chi connectivity index (χ4v) is 10.4. The number of aromatic nitrogens is 7. The van der Waals surface area contributed by atoms with Crippen molar-refractivity contribution >= 4 is 125 Å². The van der Waals surface area contributed by atoms with Crippen LogP contribution in [0.25, 0.3) is 43.6 Å². The lowest BCUT2D eigenvalue weighted by Crippen LogP contribution is -2.30. The molecular weight excluding hydrogens is 972 g/mol. The number of alkyl halides is 2. The molecule has 11 rings (SSSR count). The van der Waals surface area contributed by atoms with Gasteiger partial charge >= 0.3 is 6.03 Å². The van der Waals surface area contributed by atoms with Gasteiger partial charge in [0.25, 0.3) is 11.8 Å². The van der Waals surface area contributed by atoms with Gasteiger partial charge in [-0.3, -0.25) is 9.59 Å². The van der Waals surface area contributed by atoms with E-state index < -0.39 is 6.03 Å². The second-order valence-electron chi connectivity index (χ2n) is 19.1. The zero-order valence-corrected chi connectivity index (χ0v) is 42.9. The third-order valence-electron chi connectivity index (χ3n) is 13.4. The Kier molecular flexibility index (Phi) is 12.5. The number of phenolic OH excluding ortho intramolecular Hbond substituents is 2. The maximum atomic E-state index is 14.0. The molecule has 0 saturated carbocycles. The number of amides is 4. The van der Waals surface area contributed by atoms with Crippen molar-refractivity contribution in [3.8, 4) is 11.5 Å². The predicted molar refractivity (Wildman–Crippen MR) is 292 cm³/mol. The van der Waals surface area contributed by atoms with Gasteiger partial charge in [0.05, 0.1) is 22.4 Å². The van der Waals surface area contributed by atoms with Crippen molar-refractivity contribution in [1.82, 2.24) is 34.9 Å². The Balaban J connectivity index is 0.000000352. The Morgan fingerprint density at radius 1 is 0.616 bits per heavy atom. The van der Waals surface area contributed by atoms with Crippen LogP contribution in [0.4, 0.5) is 45.4 Å². The summed E-state index contributed by atoms with van der Waals surface area (Å²) in [6, 6.07) is 16.9. The summed E-state index contributed by atoms with van der Waals surface area (Å²) in [6.45, 7) is 4.67. The second kappa shape index (κ2) is 18.8. The third-order valence-corrected chi connectivity index (χ3v) is 14.1. The van der Waals surface area contributed by atoms with E-state index in [1.54, 1.807) is 70.5 Å². The number of carbonyl (C=O) groups excluding carboxylic acids is 3. The molecule has 376 valence electrons. The highest BCUT2D eigenvalue weighted by Crippen LogP contribution is 2.48. The fraction of sp³-hybridized carbons (Fsp3) is 0.269. The van der Waals surface area contributed by atoms with E-state index in [9.17, 15) is 24.6 Å². The van der Waals surface area contributed by atoms with E-state index in [4.69, 9.17) is 23.2 Å². The number of nitrogens with one attached hydrogen (secondary N) is 6. The first-order valence-electron chi connectivity index (χ1n) is 23.5. The highest BCUT2D eigenvalue weighted by molar-refractivity contribution is 6.20. The zero-order valence-electron chi connectivity index (χ0n) is 41.4. The van der Waals surface area contributed by atoms with Gasteiger partial charge in [0, 0.05) is 147 Å². The van der Waals surface area contributed by atoms with Gasteiger partial charge in [-0.15, -0.1) is 23.2 Å². The summed E-state index contributed by atoms with van der Waals surface area (Å²) >= 11 is 12.8. The van der Waals surface area contributed by atoms with E-state index in [0.29, 0.717) is 98.9 Å². The van der Waals surface area contributed by atoms with Crippen LogP contribution in [0.15, 0.2) is 73.1 Å². The minimum absolute atomic E-state index is 0.0646. The molecule has 8 N–H and O–H groups in total. The first kappa shape index (κ1) is 48.5. The normalized spacial score (nSPS) is 14.9. The number of fused-ring (bicyclic) bond motifs is 8. The largest absolute Gasteiger partial charge is 0.506 e. The number of urea groups is 1. The zero-order chi connectivity index (χ0) is 51.7. The average molecular weight is 1030 g/mol. The number of anilines is 7. The molecule has 0 aliphatic carbocycles. The molecule has 9 aromatic rings. The number of carbonyl (C=O) groups is 3. The minimum atomic E-state index is -0.476. The molecule has 0 spiro atoms. The molecule has 0 unspecified atom stereocenters. The Morgan fingerprint density at radius 2 is 1.00 bits per heavy atom. The summed E-state index contributed by atoms with van der Waals surface area (Å²) in [5.74, 6) is 2.04. The Bertz CT molecular complexity index is 3400. The van der Waals surface area contributed by atoms with Crippen molar-refractivity contribution in [3.63, 3.8) is 0 Å². The fourth-order valence-electron chi connectivity index (χ4n) is 9.87. The van der Waals surface area contributed by atoms with Gasteiger partial charge in [0.2, 0.25) is 17.8 Å². The monoisotopic (exact) mass is 1020 g/mol. The lowest BCUT2D eigenvalue weighted by molar-refractivity contribution is 0.0977. The number of aromatic hydroxyl groups is 2. The van der Waals surface area contributed by atoms with E-state index in [0.717, 1.165) is 43.8 Å². The molecule has 73 heavy (non-hydrogen) atoms. The summed E-state index contributed by atoms with van der Waals surface area (Å²) < 4.78 is 0. The Morgan fingerprint density at radius 3 is 1.36 bits per heavy atom. The number of halogens is 2. The number of aryl methyl sites for hydroxylation is 2. The first-order valence-corrected chi connectivity index (χ1v) is 24.5. The number of aromatic amines is 4. The molecule has 4 aromatic carbocycles. The van der Waals surface area contributed by atoms with Gasteiger partial charge in [0.15, 0.2) is 0 Å². The molecule has 0 fully saturated rings. The van der Waals surface area contributed by atoms with Crippen LogP contribution < -0.4 is 35.1 Å². The van der Waals surface area contributed by atoms with E-state index in [-0.39, 0.29) is 35.1 Å². The molecule has 2 aliphatic rings. The Labute approximate surface area is 429 Å². The number of hydrogen-bond acceptors (Lipinski definition) is 11. The van der Waals surface area contributed by atoms with Gasteiger partial charge in [-0.2, -0.15) is 15.0 Å². The number of benzene rings is 4. The minimum Gasteiger partial charge on any atom is -0.506 e. The number of rotatable bonds is 9. The van der Waals surface area contributed by atoms with Crippen molar-refractivity contribution in [2.45, 2.75) is 25.7 Å². The topological polar surface area (TPSA) is 234 Å². The highest BCUT2D eigenvalue weighted by atomic mass is 35.5. The molecule has 4 amide bonds. The first-order chi connectivity index (χ1) is 34.9. The molecule has 19 nitrogen and oxygen atoms in total. The SMILES string of the molecule is CN(C)c1nc(N(C)C)nc(N(C)C)n1.Cc1c[nH]c2c(O)cc3c(c12)[C@H](CCl)CN3C(=O)c1cc2cc(NC(=O)Nc3ccc4[nH]c(C(=O)N5C[C@@H](CCl)c6c5cc(O)c5[nH]cc(C)c65)cc4c3)ccc2[nH]1. The quantitative estimate of drug-likeness (QED) is 0.0635. The molecule has 0 saturated heterocycles. The molecule has 2 aliphatic heterocycles. The number of phenols is 2. The van der Waals surface area contributed by atoms with Crippen LogP contribution in [0.2, 0.25) is 0 Å². The van der Waals surface area contributed by atoms with Crippen LogP contribution in [0, 0.1) is 13.8 Å². The van der Waals surface area contributed by atoms with Crippen LogP contribution in [0.3, 0.4) is 0 Å². The van der Waals surface area contributed by atoms with Gasteiger partial charge in [-0.05, 0) is 84.6 Å². The molecule has 7 heterocycles. The van der Waals surface area contributed by atoms with Crippen molar-refractivity contribution in [1.29, 1.82) is 0 Å². The third kappa shape index (κ3) is 8.67. The molecular formula is C52H54Cl2N14O5. The molecule has 21 heteroatoms. The van der Waals surface area contributed by atoms with Gasteiger partial charge < -0.3 is 65.3 Å². The average Bonchev–Trinajstić information content (AvgIpc) is 4.24. The smallest absolute Gasteiger partial charge is 0.323 e. The van der Waals surface area contributed by atoms with E-state index in [1.165, 1.54) is 0 Å². The Hall–Kier alpha value is -8.16. The van der Waals surface area contributed by atoms with Gasteiger partial charge in [-0.25, -0.2) is 4.79 Å². The summed E-state index contributed by atoms with van der Waals surface area (Å²) in [4.78, 5) is 75.6. The van der Waals surface area contributed by atoms with Crippen LogP contribution in [0.5, 0.6) is 11.5 Å². The standard InChI is InChI=1S/C43H36Cl2N8O5.C9H18N6/c1-19-15-46-39-33(54)11-31-37(35(19)39)23(13-44)17-52(31)41(56)29-9-21-7-25(3-5-27(21)50-29)48-43(58)49-26-4-6-28-22(8-26)10-30(51-28)42(57)53-18-24(14-45)38-32(53)12-34(55)40-36(38)20(2)16-47-40;1-13(2)7-10-8(14(3)4)12-9(11-7)15(5)6/h3-12,15-16,23-24,46-47,50-51,54-55H,13-14,17-18H2,1-2H3,(H2,48,49,58);1-6H3/t23-,24-;/m1./s1.